The van der Waals surface area contributed by atoms with Crippen molar-refractivity contribution in [3.05, 3.63) is 80.5 Å². The molecule has 3 aromatic rings. The highest BCUT2D eigenvalue weighted by atomic mass is 16.6. The number of ketones is 1. The van der Waals surface area contributed by atoms with Crippen molar-refractivity contribution in [2.75, 3.05) is 5.32 Å². The Labute approximate surface area is 178 Å². The molecule has 0 radical (unpaired) electrons. The van der Waals surface area contributed by atoms with Gasteiger partial charge in [0.15, 0.2) is 11.6 Å². The predicted molar refractivity (Wildman–Crippen MR) is 116 cm³/mol. The molecule has 31 heavy (non-hydrogen) atoms. The number of hydrogen-bond acceptors (Lipinski definition) is 6. The molecule has 8 heteroatoms. The molecule has 156 valence electrons. The van der Waals surface area contributed by atoms with Gasteiger partial charge in [0.25, 0.3) is 5.69 Å². The summed E-state index contributed by atoms with van der Waals surface area (Å²) in [6, 6.07) is 11.9. The summed E-state index contributed by atoms with van der Waals surface area (Å²) in [5, 5.41) is 19.7. The normalized spacial score (nSPS) is 17.7. The van der Waals surface area contributed by atoms with Gasteiger partial charge in [-0.05, 0) is 49.9 Å². The van der Waals surface area contributed by atoms with Crippen LogP contribution in [0.2, 0.25) is 0 Å². The van der Waals surface area contributed by atoms with E-state index in [0.717, 1.165) is 23.2 Å². The number of para-hydroxylation sites is 1. The van der Waals surface area contributed by atoms with Crippen LogP contribution in [0.1, 0.15) is 42.0 Å². The molecule has 2 heterocycles. The van der Waals surface area contributed by atoms with Gasteiger partial charge in [0.1, 0.15) is 6.04 Å². The number of hydrogen-bond donors (Lipinski definition) is 1. The largest absolute Gasteiger partial charge is 0.328 e. The average Bonchev–Trinajstić information content (AvgIpc) is 3.18. The van der Waals surface area contributed by atoms with Gasteiger partial charge in [0, 0.05) is 29.3 Å². The first-order valence-corrected chi connectivity index (χ1v) is 10.2. The fourth-order valence-corrected chi connectivity index (χ4v) is 4.33. The van der Waals surface area contributed by atoms with Crippen LogP contribution in [0.15, 0.2) is 53.7 Å². The SMILES string of the molecule is Cc1ccc(-c2nc3n(n2)C(c2ccccc2[N+](=O)[O-])C2=C(CCCC2=O)N3)cc1C. The lowest BCUT2D eigenvalue weighted by Crippen LogP contribution is -2.31. The Balaban J connectivity index is 1.72. The van der Waals surface area contributed by atoms with E-state index in [9.17, 15) is 14.9 Å². The van der Waals surface area contributed by atoms with Gasteiger partial charge in [0.05, 0.1) is 10.5 Å². The van der Waals surface area contributed by atoms with E-state index in [1.165, 1.54) is 11.6 Å². The number of rotatable bonds is 3. The zero-order valence-corrected chi connectivity index (χ0v) is 17.3. The van der Waals surface area contributed by atoms with Crippen LogP contribution in [0.25, 0.3) is 11.4 Å². The molecule has 1 N–H and O–H groups in total. The van der Waals surface area contributed by atoms with Crippen LogP contribution in [0.3, 0.4) is 0 Å². The van der Waals surface area contributed by atoms with Gasteiger partial charge in [-0.2, -0.15) is 4.98 Å². The lowest BCUT2D eigenvalue weighted by molar-refractivity contribution is -0.385. The van der Waals surface area contributed by atoms with E-state index in [1.807, 2.05) is 32.0 Å². The van der Waals surface area contributed by atoms with Crippen molar-refractivity contribution in [2.45, 2.75) is 39.2 Å². The monoisotopic (exact) mass is 415 g/mol. The molecule has 0 saturated carbocycles. The Hall–Kier alpha value is -3.81. The Kier molecular flexibility index (Phi) is 4.43. The van der Waals surface area contributed by atoms with Gasteiger partial charge < -0.3 is 5.32 Å². The summed E-state index contributed by atoms with van der Waals surface area (Å²) in [5.74, 6) is 0.997. The number of carbonyl (C=O) groups excluding carboxylic acids is 1. The maximum Gasteiger partial charge on any atom is 0.275 e. The highest BCUT2D eigenvalue weighted by molar-refractivity contribution is 5.99. The van der Waals surface area contributed by atoms with Gasteiger partial charge in [-0.15, -0.1) is 5.10 Å². The number of allylic oxidation sites excluding steroid dienone is 2. The molecule has 1 aliphatic heterocycles. The first kappa shape index (κ1) is 19.2. The minimum atomic E-state index is -0.687. The van der Waals surface area contributed by atoms with E-state index in [0.29, 0.717) is 35.8 Å². The molecule has 1 aliphatic carbocycles. The molecular weight excluding hydrogens is 394 g/mol. The molecule has 0 spiro atoms. The van der Waals surface area contributed by atoms with Crippen molar-refractivity contribution >= 4 is 17.4 Å². The Bertz CT molecular complexity index is 1270. The molecule has 0 bridgehead atoms. The summed E-state index contributed by atoms with van der Waals surface area (Å²) < 4.78 is 1.62. The number of nitrogens with one attached hydrogen (secondary N) is 1. The molecule has 2 aromatic carbocycles. The number of fused-ring (bicyclic) bond motifs is 1. The summed E-state index contributed by atoms with van der Waals surface area (Å²) in [6.07, 6.45) is 1.86. The van der Waals surface area contributed by atoms with Gasteiger partial charge in [-0.3, -0.25) is 14.9 Å². The van der Waals surface area contributed by atoms with Crippen molar-refractivity contribution in [1.29, 1.82) is 0 Å². The van der Waals surface area contributed by atoms with Crippen molar-refractivity contribution < 1.29 is 9.72 Å². The number of nitro groups is 1. The van der Waals surface area contributed by atoms with Gasteiger partial charge >= 0.3 is 0 Å². The summed E-state index contributed by atoms with van der Waals surface area (Å²) in [7, 11) is 0. The van der Waals surface area contributed by atoms with Crippen molar-refractivity contribution in [3.8, 4) is 11.4 Å². The first-order chi connectivity index (χ1) is 14.9. The lowest BCUT2D eigenvalue weighted by atomic mass is 9.85. The smallest absolute Gasteiger partial charge is 0.275 e. The molecule has 1 unspecified atom stereocenters. The molecule has 5 rings (SSSR count). The summed E-state index contributed by atoms with van der Waals surface area (Å²) in [6.45, 7) is 4.07. The van der Waals surface area contributed by atoms with Gasteiger partial charge in [0.2, 0.25) is 5.95 Å². The molecule has 0 amide bonds. The second kappa shape index (κ2) is 7.16. The number of aromatic nitrogens is 3. The van der Waals surface area contributed by atoms with E-state index in [1.54, 1.807) is 22.9 Å². The molecule has 1 aromatic heterocycles. The lowest BCUT2D eigenvalue weighted by Gasteiger charge is -2.31. The van der Waals surface area contributed by atoms with Crippen LogP contribution in [-0.4, -0.2) is 25.5 Å². The van der Waals surface area contributed by atoms with E-state index in [2.05, 4.69) is 10.3 Å². The second-order valence-corrected chi connectivity index (χ2v) is 8.02. The van der Waals surface area contributed by atoms with Crippen LogP contribution in [0, 0.1) is 24.0 Å². The highest BCUT2D eigenvalue weighted by Gasteiger charge is 2.39. The number of benzene rings is 2. The van der Waals surface area contributed by atoms with Gasteiger partial charge in [-0.25, -0.2) is 4.68 Å². The summed E-state index contributed by atoms with van der Waals surface area (Å²) in [4.78, 5) is 29.0. The molecule has 0 saturated heterocycles. The second-order valence-electron chi connectivity index (χ2n) is 8.02. The maximum absolute atomic E-state index is 12.9. The third-order valence-electron chi connectivity index (χ3n) is 6.06. The van der Waals surface area contributed by atoms with E-state index in [4.69, 9.17) is 5.10 Å². The van der Waals surface area contributed by atoms with Crippen LogP contribution in [0.5, 0.6) is 0 Å². The Morgan fingerprint density at radius 2 is 1.94 bits per heavy atom. The van der Waals surface area contributed by atoms with Crippen molar-refractivity contribution in [1.82, 2.24) is 14.8 Å². The molecular formula is C23H21N5O3. The Morgan fingerprint density at radius 3 is 2.71 bits per heavy atom. The minimum absolute atomic E-state index is 0.00854. The molecule has 8 nitrogen and oxygen atoms in total. The summed E-state index contributed by atoms with van der Waals surface area (Å²) >= 11 is 0. The van der Waals surface area contributed by atoms with Crippen LogP contribution in [-0.2, 0) is 4.79 Å². The number of anilines is 1. The van der Waals surface area contributed by atoms with Crippen molar-refractivity contribution in [3.63, 3.8) is 0 Å². The first-order valence-electron chi connectivity index (χ1n) is 10.2. The summed E-state index contributed by atoms with van der Waals surface area (Å²) in [5.41, 5.74) is 4.89. The highest BCUT2D eigenvalue weighted by Crippen LogP contribution is 2.43. The third-order valence-corrected chi connectivity index (χ3v) is 6.06. The average molecular weight is 415 g/mol. The standard InChI is InChI=1S/C23H21N5O3/c1-13-10-11-15(12-14(13)2)22-25-23-24-17-7-5-9-19(29)20(17)21(27(23)26-22)16-6-3-4-8-18(16)28(30)31/h3-4,6,8,10-12,21H,5,7,9H2,1-2H3,(H,24,25,26). The number of aryl methyl sites for hydroxylation is 2. The quantitative estimate of drug-likeness (QED) is 0.499. The maximum atomic E-state index is 12.9. The van der Waals surface area contributed by atoms with Crippen LogP contribution < -0.4 is 5.32 Å². The minimum Gasteiger partial charge on any atom is -0.328 e. The van der Waals surface area contributed by atoms with Crippen LogP contribution in [0.4, 0.5) is 11.6 Å². The topological polar surface area (TPSA) is 103 Å². The Morgan fingerprint density at radius 1 is 1.13 bits per heavy atom. The van der Waals surface area contributed by atoms with E-state index < -0.39 is 11.0 Å². The predicted octanol–water partition coefficient (Wildman–Crippen LogP) is 4.49. The zero-order valence-electron chi connectivity index (χ0n) is 17.3. The fourth-order valence-electron chi connectivity index (χ4n) is 4.33. The number of nitro benzene ring substituents is 1. The number of carbonyl (C=O) groups is 1. The molecule has 2 aliphatic rings. The number of nitrogens with zero attached hydrogens (tertiary/aromatic N) is 4. The molecule has 0 fully saturated rings. The van der Waals surface area contributed by atoms with Crippen LogP contribution >= 0.6 is 0 Å². The van der Waals surface area contributed by atoms with E-state index >= 15 is 0 Å². The fraction of sp³-hybridized carbons (Fsp3) is 0.261. The molecule has 1 atom stereocenters. The van der Waals surface area contributed by atoms with E-state index in [-0.39, 0.29) is 11.5 Å². The zero-order chi connectivity index (χ0) is 21.7. The van der Waals surface area contributed by atoms with Gasteiger partial charge in [-0.1, -0.05) is 24.3 Å². The number of Topliss-reactive ketones (excluding diaryl/α,β-unsaturated/α-hetero) is 1. The third kappa shape index (κ3) is 3.11. The van der Waals surface area contributed by atoms with Crippen molar-refractivity contribution in [2.24, 2.45) is 0 Å².